The van der Waals surface area contributed by atoms with Crippen LogP contribution in [0, 0.1) is 21.7 Å². The number of aromatic nitrogens is 2. The second kappa shape index (κ2) is 7.24. The third-order valence-electron chi connectivity index (χ3n) is 3.74. The molecule has 1 amide bonds. The van der Waals surface area contributed by atoms with Crippen LogP contribution in [0.3, 0.4) is 0 Å². The van der Waals surface area contributed by atoms with Gasteiger partial charge in [-0.2, -0.15) is 18.3 Å². The second-order valence-electron chi connectivity index (χ2n) is 5.67. The predicted molar refractivity (Wildman–Crippen MR) is 92.5 cm³/mol. The van der Waals surface area contributed by atoms with E-state index in [2.05, 4.69) is 5.10 Å². The van der Waals surface area contributed by atoms with Crippen LogP contribution >= 0.6 is 11.3 Å². The number of carbonyl (C=O) groups excluding carboxylic acids is 1. The highest BCUT2D eigenvalue weighted by atomic mass is 32.1. The molecule has 0 aliphatic rings. The lowest BCUT2D eigenvalue weighted by atomic mass is 10.2. The van der Waals surface area contributed by atoms with Gasteiger partial charge < -0.3 is 5.32 Å². The first-order valence-electron chi connectivity index (χ1n) is 7.64. The van der Waals surface area contributed by atoms with E-state index in [9.17, 15) is 36.9 Å². The standard InChI is InChI=1S/C16H9F5N4O3S/c1-24-9(6-12(23-24)16(19,20)21)14-10(25(27)28)5-11(29-14)15(26)22-13-7(17)3-2-4-8(13)18/h2-6H,1H3,(H,22,26). The molecule has 3 aromatic rings. The Morgan fingerprint density at radius 3 is 2.38 bits per heavy atom. The summed E-state index contributed by atoms with van der Waals surface area (Å²) in [6, 6.07) is 4.30. The number of aryl methyl sites for hydroxylation is 1. The zero-order chi connectivity index (χ0) is 21.5. The molecule has 0 unspecified atom stereocenters. The number of nitrogens with one attached hydrogen (secondary N) is 1. The predicted octanol–water partition coefficient (Wildman–Crippen LogP) is 4.61. The summed E-state index contributed by atoms with van der Waals surface area (Å²) in [4.78, 5) is 22.2. The maximum absolute atomic E-state index is 13.7. The molecule has 152 valence electrons. The van der Waals surface area contributed by atoms with Crippen molar-refractivity contribution in [3.8, 4) is 10.6 Å². The number of rotatable bonds is 4. The molecule has 1 aromatic carbocycles. The fraction of sp³-hybridized carbons (Fsp3) is 0.125. The highest BCUT2D eigenvalue weighted by Gasteiger charge is 2.36. The first-order valence-corrected chi connectivity index (χ1v) is 8.46. The molecular formula is C16H9F5N4O3S. The van der Waals surface area contributed by atoms with Gasteiger partial charge in [-0.05, 0) is 18.2 Å². The molecule has 29 heavy (non-hydrogen) atoms. The van der Waals surface area contributed by atoms with Gasteiger partial charge in [0.1, 0.15) is 22.2 Å². The number of benzene rings is 1. The van der Waals surface area contributed by atoms with Crippen molar-refractivity contribution in [2.24, 2.45) is 7.05 Å². The first-order chi connectivity index (χ1) is 13.5. The Labute approximate surface area is 162 Å². The van der Waals surface area contributed by atoms with Crippen molar-refractivity contribution >= 4 is 28.6 Å². The van der Waals surface area contributed by atoms with Gasteiger partial charge in [-0.1, -0.05) is 6.07 Å². The van der Waals surface area contributed by atoms with Crippen molar-refractivity contribution in [2.45, 2.75) is 6.18 Å². The second-order valence-corrected chi connectivity index (χ2v) is 6.72. The van der Waals surface area contributed by atoms with Crippen molar-refractivity contribution in [1.29, 1.82) is 0 Å². The third kappa shape index (κ3) is 3.94. The summed E-state index contributed by atoms with van der Waals surface area (Å²) in [5.41, 5.74) is -2.91. The number of carbonyl (C=O) groups is 1. The quantitative estimate of drug-likeness (QED) is 0.371. The average Bonchev–Trinajstić information content (AvgIpc) is 3.21. The van der Waals surface area contributed by atoms with Gasteiger partial charge in [0.05, 0.1) is 15.5 Å². The topological polar surface area (TPSA) is 90.1 Å². The Hall–Kier alpha value is -3.35. The fourth-order valence-corrected chi connectivity index (χ4v) is 3.49. The van der Waals surface area contributed by atoms with Crippen LogP contribution in [0.25, 0.3) is 10.6 Å². The lowest BCUT2D eigenvalue weighted by Crippen LogP contribution is -2.12. The maximum atomic E-state index is 13.7. The molecule has 13 heteroatoms. The molecule has 0 aliphatic heterocycles. The van der Waals surface area contributed by atoms with E-state index in [1.54, 1.807) is 0 Å². The summed E-state index contributed by atoms with van der Waals surface area (Å²) in [5, 5.41) is 16.6. The number of amides is 1. The summed E-state index contributed by atoms with van der Waals surface area (Å²) >= 11 is 0.491. The molecule has 2 heterocycles. The number of hydrogen-bond donors (Lipinski definition) is 1. The average molecular weight is 432 g/mol. The zero-order valence-electron chi connectivity index (χ0n) is 14.3. The van der Waals surface area contributed by atoms with Gasteiger partial charge in [-0.25, -0.2) is 8.78 Å². The van der Waals surface area contributed by atoms with Crippen LogP contribution in [-0.4, -0.2) is 20.6 Å². The number of nitrogens with zero attached hydrogens (tertiary/aromatic N) is 3. The van der Waals surface area contributed by atoms with Gasteiger partial charge >= 0.3 is 6.18 Å². The van der Waals surface area contributed by atoms with E-state index in [-0.39, 0.29) is 15.4 Å². The molecule has 7 nitrogen and oxygen atoms in total. The summed E-state index contributed by atoms with van der Waals surface area (Å²) in [6.45, 7) is 0. The van der Waals surface area contributed by atoms with Crippen LogP contribution in [0.1, 0.15) is 15.4 Å². The highest BCUT2D eigenvalue weighted by molar-refractivity contribution is 7.18. The zero-order valence-corrected chi connectivity index (χ0v) is 15.1. The van der Waals surface area contributed by atoms with Crippen LogP contribution in [-0.2, 0) is 13.2 Å². The Morgan fingerprint density at radius 1 is 1.24 bits per heavy atom. The van der Waals surface area contributed by atoms with Gasteiger partial charge in [0.15, 0.2) is 5.69 Å². The smallest absolute Gasteiger partial charge is 0.316 e. The SMILES string of the molecule is Cn1nc(C(F)(F)F)cc1-c1sc(C(=O)Nc2c(F)cccc2F)cc1[N+](=O)[O-]. The molecule has 0 saturated heterocycles. The molecule has 0 saturated carbocycles. The molecule has 0 fully saturated rings. The lowest BCUT2D eigenvalue weighted by Gasteiger charge is -2.05. The fourth-order valence-electron chi connectivity index (χ4n) is 2.42. The van der Waals surface area contributed by atoms with E-state index >= 15 is 0 Å². The van der Waals surface area contributed by atoms with E-state index < -0.39 is 45.7 Å². The number of alkyl halides is 3. The van der Waals surface area contributed by atoms with E-state index in [1.165, 1.54) is 0 Å². The Kier molecular flexibility index (Phi) is 5.09. The van der Waals surface area contributed by atoms with E-state index in [1.807, 2.05) is 5.32 Å². The Morgan fingerprint density at radius 2 is 1.86 bits per heavy atom. The van der Waals surface area contributed by atoms with Gasteiger partial charge in [0, 0.05) is 13.1 Å². The minimum Gasteiger partial charge on any atom is -0.316 e. The van der Waals surface area contributed by atoms with Gasteiger partial charge in [0.25, 0.3) is 11.6 Å². The summed E-state index contributed by atoms with van der Waals surface area (Å²) in [7, 11) is 1.16. The normalized spacial score (nSPS) is 11.5. The Bertz CT molecular complexity index is 1100. The summed E-state index contributed by atoms with van der Waals surface area (Å²) in [5.74, 6) is -3.19. The van der Waals surface area contributed by atoms with Crippen LogP contribution < -0.4 is 5.32 Å². The van der Waals surface area contributed by atoms with E-state index in [0.29, 0.717) is 17.4 Å². The van der Waals surface area contributed by atoms with Crippen molar-refractivity contribution < 1.29 is 31.7 Å². The molecule has 2 aromatic heterocycles. The number of halogens is 5. The number of hydrogen-bond acceptors (Lipinski definition) is 5. The Balaban J connectivity index is 2.03. The first kappa shape index (κ1) is 20.4. The highest BCUT2D eigenvalue weighted by Crippen LogP contribution is 2.40. The van der Waals surface area contributed by atoms with Crippen molar-refractivity contribution in [1.82, 2.24) is 9.78 Å². The lowest BCUT2D eigenvalue weighted by molar-refractivity contribution is -0.383. The van der Waals surface area contributed by atoms with Crippen molar-refractivity contribution in [3.05, 3.63) is 62.7 Å². The molecule has 1 N–H and O–H groups in total. The van der Waals surface area contributed by atoms with Crippen LogP contribution in [0.5, 0.6) is 0 Å². The minimum absolute atomic E-state index is 0.245. The number of para-hydroxylation sites is 1. The van der Waals surface area contributed by atoms with Gasteiger partial charge in [0.2, 0.25) is 0 Å². The summed E-state index contributed by atoms with van der Waals surface area (Å²) in [6.07, 6.45) is -4.77. The monoisotopic (exact) mass is 432 g/mol. The van der Waals surface area contributed by atoms with E-state index in [0.717, 1.165) is 36.0 Å². The molecule has 3 rings (SSSR count). The summed E-state index contributed by atoms with van der Waals surface area (Å²) < 4.78 is 66.8. The van der Waals surface area contributed by atoms with Crippen LogP contribution in [0.2, 0.25) is 0 Å². The van der Waals surface area contributed by atoms with Crippen LogP contribution in [0.4, 0.5) is 33.3 Å². The van der Waals surface area contributed by atoms with Gasteiger partial charge in [-0.3, -0.25) is 19.6 Å². The van der Waals surface area contributed by atoms with Crippen molar-refractivity contribution in [3.63, 3.8) is 0 Å². The third-order valence-corrected chi connectivity index (χ3v) is 4.88. The van der Waals surface area contributed by atoms with Crippen molar-refractivity contribution in [2.75, 3.05) is 5.32 Å². The molecule has 0 radical (unpaired) electrons. The van der Waals surface area contributed by atoms with E-state index in [4.69, 9.17) is 0 Å². The molecule has 0 bridgehead atoms. The molecule has 0 aliphatic carbocycles. The largest absolute Gasteiger partial charge is 0.435 e. The maximum Gasteiger partial charge on any atom is 0.435 e. The van der Waals surface area contributed by atoms with Crippen LogP contribution in [0.15, 0.2) is 30.3 Å². The minimum atomic E-state index is -4.77. The molecule has 0 atom stereocenters. The number of nitro groups is 1. The van der Waals surface area contributed by atoms with Gasteiger partial charge in [-0.15, -0.1) is 11.3 Å². The molecular weight excluding hydrogens is 423 g/mol. The molecule has 0 spiro atoms. The number of thiophene rings is 1. The number of anilines is 1.